The van der Waals surface area contributed by atoms with E-state index in [1.54, 1.807) is 27.1 Å². The lowest BCUT2D eigenvalue weighted by Crippen LogP contribution is -2.37. The number of rotatable bonds is 1. The molecule has 0 spiro atoms. The van der Waals surface area contributed by atoms with E-state index in [0.29, 0.717) is 5.41 Å². The Labute approximate surface area is 193 Å². The van der Waals surface area contributed by atoms with Gasteiger partial charge in [0, 0.05) is 6.07 Å². The van der Waals surface area contributed by atoms with Gasteiger partial charge in [0.25, 0.3) is 0 Å². The van der Waals surface area contributed by atoms with Crippen LogP contribution in [-0.2, 0) is 26.3 Å². The second-order valence-electron chi connectivity index (χ2n) is 11.2. The minimum Gasteiger partial charge on any atom is -0.200 e. The van der Waals surface area contributed by atoms with Crippen molar-refractivity contribution < 1.29 is 4.57 Å². The average Bonchev–Trinajstić information content (AvgIpc) is 2.74. The smallest absolute Gasteiger partial charge is 0.200 e. The maximum absolute atomic E-state index is 2.56. The molecule has 162 valence electrons. The first-order valence-electron chi connectivity index (χ1n) is 12.0. The van der Waals surface area contributed by atoms with Crippen LogP contribution in [0.3, 0.4) is 0 Å². The number of aryl methyl sites for hydroxylation is 4. The van der Waals surface area contributed by atoms with Crippen molar-refractivity contribution in [2.75, 3.05) is 6.66 Å². The standard InChI is InChI=1S/C30H33NP/c1-18-22-11-7-9-20-10-8-12-23(26(20)22)29-25(18)28-27-21(13-14-31(28)5)15-19(17-30(2,3)4)16-24(27)32(29)6/h7,9,11,13-16H,8,10,12,17H2,1-6H3/q+1. The van der Waals surface area contributed by atoms with Crippen LogP contribution in [0.1, 0.15) is 49.4 Å². The summed E-state index contributed by atoms with van der Waals surface area (Å²) in [6.45, 7) is 12.0. The summed E-state index contributed by atoms with van der Waals surface area (Å²) >= 11 is 0. The minimum absolute atomic E-state index is 0.291. The van der Waals surface area contributed by atoms with Crippen LogP contribution in [0.2, 0.25) is 0 Å². The van der Waals surface area contributed by atoms with Crippen molar-refractivity contribution in [2.45, 2.75) is 53.4 Å². The van der Waals surface area contributed by atoms with Gasteiger partial charge in [0.1, 0.15) is 7.05 Å². The molecule has 6 rings (SSSR count). The molecule has 2 aliphatic rings. The molecule has 0 bridgehead atoms. The highest BCUT2D eigenvalue weighted by molar-refractivity contribution is 7.73. The van der Waals surface area contributed by atoms with Gasteiger partial charge in [-0.15, -0.1) is 0 Å². The zero-order valence-corrected chi connectivity index (χ0v) is 21.2. The molecule has 0 N–H and O–H groups in total. The highest BCUT2D eigenvalue weighted by Crippen LogP contribution is 2.49. The van der Waals surface area contributed by atoms with Gasteiger partial charge < -0.3 is 0 Å². The predicted octanol–water partition coefficient (Wildman–Crippen LogP) is 6.25. The van der Waals surface area contributed by atoms with Gasteiger partial charge in [-0.1, -0.05) is 51.1 Å². The number of benzene rings is 3. The van der Waals surface area contributed by atoms with Crippen molar-refractivity contribution in [3.05, 3.63) is 64.8 Å². The fourth-order valence-electron chi connectivity index (χ4n) is 6.36. The molecule has 1 nitrogen and oxygen atoms in total. The van der Waals surface area contributed by atoms with Crippen LogP contribution in [0, 0.1) is 12.3 Å². The number of hydrogen-bond acceptors (Lipinski definition) is 0. The predicted molar refractivity (Wildman–Crippen MR) is 140 cm³/mol. The molecular weight excluding hydrogens is 405 g/mol. The quantitative estimate of drug-likeness (QED) is 0.244. The zero-order chi connectivity index (χ0) is 22.4. The van der Waals surface area contributed by atoms with Crippen LogP contribution in [0.5, 0.6) is 0 Å². The Morgan fingerprint density at radius 2 is 1.84 bits per heavy atom. The van der Waals surface area contributed by atoms with Crippen LogP contribution in [0.25, 0.3) is 32.8 Å². The molecule has 1 aliphatic heterocycles. The molecule has 0 radical (unpaired) electrons. The van der Waals surface area contributed by atoms with E-state index in [1.165, 1.54) is 57.8 Å². The second kappa shape index (κ2) is 6.88. The first-order valence-corrected chi connectivity index (χ1v) is 13.8. The van der Waals surface area contributed by atoms with Gasteiger partial charge >= 0.3 is 0 Å². The highest BCUT2D eigenvalue weighted by atomic mass is 31.1. The Bertz CT molecular complexity index is 1440. The Hall–Kier alpha value is -2.24. The minimum atomic E-state index is -0.391. The van der Waals surface area contributed by atoms with Crippen LogP contribution >= 0.6 is 7.92 Å². The third-order valence-corrected chi connectivity index (χ3v) is 9.81. The summed E-state index contributed by atoms with van der Waals surface area (Å²) in [7, 11) is 1.85. The average molecular weight is 439 g/mol. The molecular formula is C30H33NP+. The topological polar surface area (TPSA) is 3.88 Å². The van der Waals surface area contributed by atoms with E-state index < -0.39 is 7.92 Å². The monoisotopic (exact) mass is 438 g/mol. The third kappa shape index (κ3) is 2.83. The SMILES string of the molecule is Cc1c2c(c3c4c(cccc14)CCC3)P(C)c1cc(CC(C)(C)C)cc3cc[n+](C)c-2c13. The molecule has 0 fully saturated rings. The fourth-order valence-corrected chi connectivity index (χ4v) is 8.77. The largest absolute Gasteiger partial charge is 0.221 e. The molecule has 0 amide bonds. The molecule has 4 aromatic rings. The van der Waals surface area contributed by atoms with Gasteiger partial charge in [-0.3, -0.25) is 0 Å². The molecule has 2 heteroatoms. The van der Waals surface area contributed by atoms with Crippen LogP contribution in [-0.4, -0.2) is 6.66 Å². The molecule has 3 aromatic carbocycles. The van der Waals surface area contributed by atoms with E-state index >= 15 is 0 Å². The summed E-state index contributed by atoms with van der Waals surface area (Å²) in [6, 6.07) is 14.4. The summed E-state index contributed by atoms with van der Waals surface area (Å²) < 4.78 is 2.38. The molecule has 32 heavy (non-hydrogen) atoms. The number of hydrogen-bond donors (Lipinski definition) is 0. The van der Waals surface area contributed by atoms with E-state index in [2.05, 4.69) is 88.6 Å². The van der Waals surface area contributed by atoms with Gasteiger partial charge in [-0.05, 0) is 102 Å². The lowest BCUT2D eigenvalue weighted by Gasteiger charge is -2.32. The molecule has 1 atom stereocenters. The van der Waals surface area contributed by atoms with Gasteiger partial charge in [0.2, 0.25) is 5.69 Å². The zero-order valence-electron chi connectivity index (χ0n) is 20.3. The van der Waals surface area contributed by atoms with Gasteiger partial charge in [0.15, 0.2) is 6.20 Å². The first-order chi connectivity index (χ1) is 15.2. The number of fused-ring (bicyclic) bond motifs is 3. The van der Waals surface area contributed by atoms with E-state index in [-0.39, 0.29) is 0 Å². The van der Waals surface area contributed by atoms with E-state index in [1.807, 2.05) is 0 Å². The van der Waals surface area contributed by atoms with Crippen molar-refractivity contribution >= 4 is 40.1 Å². The summed E-state index contributed by atoms with van der Waals surface area (Å²) in [6.07, 6.45) is 7.12. The summed E-state index contributed by atoms with van der Waals surface area (Å²) in [4.78, 5) is 0. The number of nitrogens with zero attached hydrogens (tertiary/aromatic N) is 1. The van der Waals surface area contributed by atoms with E-state index in [9.17, 15) is 0 Å². The van der Waals surface area contributed by atoms with Gasteiger partial charge in [-0.2, -0.15) is 0 Å². The van der Waals surface area contributed by atoms with Crippen LogP contribution in [0.15, 0.2) is 42.6 Å². The van der Waals surface area contributed by atoms with E-state index in [4.69, 9.17) is 0 Å². The Balaban J connectivity index is 1.77. The molecule has 0 saturated carbocycles. The summed E-state index contributed by atoms with van der Waals surface area (Å²) in [5.41, 5.74) is 9.44. The molecule has 1 aliphatic carbocycles. The molecule has 0 saturated heterocycles. The lowest BCUT2D eigenvalue weighted by atomic mass is 9.83. The Morgan fingerprint density at radius 3 is 2.62 bits per heavy atom. The third-order valence-electron chi connectivity index (χ3n) is 7.57. The molecule has 1 unspecified atom stereocenters. The van der Waals surface area contributed by atoms with E-state index in [0.717, 1.165) is 6.42 Å². The Kier molecular flexibility index (Phi) is 4.38. The van der Waals surface area contributed by atoms with Gasteiger partial charge in [0.05, 0.1) is 10.9 Å². The van der Waals surface area contributed by atoms with Crippen LogP contribution in [0.4, 0.5) is 0 Å². The number of aromatic nitrogens is 1. The van der Waals surface area contributed by atoms with Crippen molar-refractivity contribution in [3.63, 3.8) is 0 Å². The fraction of sp³-hybridized carbons (Fsp3) is 0.367. The second-order valence-corrected chi connectivity index (χ2v) is 13.2. The normalized spacial score (nSPS) is 17.1. The van der Waals surface area contributed by atoms with Crippen molar-refractivity contribution in [1.82, 2.24) is 0 Å². The highest BCUT2D eigenvalue weighted by Gasteiger charge is 2.36. The Morgan fingerprint density at radius 1 is 1.03 bits per heavy atom. The van der Waals surface area contributed by atoms with Crippen LogP contribution < -0.4 is 15.2 Å². The molecule has 2 heterocycles. The lowest BCUT2D eigenvalue weighted by molar-refractivity contribution is -0.659. The maximum Gasteiger partial charge on any atom is 0.221 e. The van der Waals surface area contributed by atoms with Gasteiger partial charge in [-0.25, -0.2) is 4.57 Å². The first kappa shape index (κ1) is 20.4. The maximum atomic E-state index is 2.56. The van der Waals surface area contributed by atoms with Crippen molar-refractivity contribution in [1.29, 1.82) is 0 Å². The summed E-state index contributed by atoms with van der Waals surface area (Å²) in [5.74, 6) is 0. The number of pyridine rings is 1. The van der Waals surface area contributed by atoms with Crippen molar-refractivity contribution in [3.8, 4) is 11.3 Å². The van der Waals surface area contributed by atoms with Crippen molar-refractivity contribution in [2.24, 2.45) is 12.5 Å². The summed E-state index contributed by atoms with van der Waals surface area (Å²) in [5, 5.41) is 9.22. The molecule has 1 aromatic heterocycles.